The molecule has 0 heterocycles. The summed E-state index contributed by atoms with van der Waals surface area (Å²) >= 11 is 3.13. The highest BCUT2D eigenvalue weighted by Crippen LogP contribution is 2.20. The summed E-state index contributed by atoms with van der Waals surface area (Å²) in [6.07, 6.45) is -1.62. The van der Waals surface area contributed by atoms with Gasteiger partial charge in [-0.3, -0.25) is 4.79 Å². The van der Waals surface area contributed by atoms with E-state index in [9.17, 15) is 19.5 Å². The van der Waals surface area contributed by atoms with Gasteiger partial charge < -0.3 is 14.9 Å². The van der Waals surface area contributed by atoms with E-state index in [1.165, 1.54) is 18.2 Å². The number of Topliss-reactive ketones (excluding diaryl/α,β-unsaturated/α-hetero) is 1. The van der Waals surface area contributed by atoms with Gasteiger partial charge in [-0.15, -0.1) is 0 Å². The van der Waals surface area contributed by atoms with E-state index in [-0.39, 0.29) is 35.5 Å². The van der Waals surface area contributed by atoms with Crippen LogP contribution < -0.4 is 0 Å². The van der Waals surface area contributed by atoms with Gasteiger partial charge in [0.15, 0.2) is 11.9 Å². The summed E-state index contributed by atoms with van der Waals surface area (Å²) in [5, 5.41) is 18.9. The number of ether oxygens (including phenoxy) is 1. The van der Waals surface area contributed by atoms with Crippen LogP contribution in [-0.2, 0) is 9.53 Å². The van der Waals surface area contributed by atoms with E-state index in [0.717, 1.165) is 0 Å². The van der Waals surface area contributed by atoms with Crippen molar-refractivity contribution in [2.24, 2.45) is 0 Å². The number of alkyl halides is 1. The Balaban J connectivity index is 3.28. The highest BCUT2D eigenvalue weighted by molar-refractivity contribution is 9.09. The smallest absolute Gasteiger partial charge is 0.338 e. The minimum atomic E-state index is -1.81. The van der Waals surface area contributed by atoms with Crippen LogP contribution in [0.2, 0.25) is 0 Å². The second kappa shape index (κ2) is 7.90. The quantitative estimate of drug-likeness (QED) is 0.438. The lowest BCUT2D eigenvalue weighted by Crippen LogP contribution is -2.14. The van der Waals surface area contributed by atoms with Crippen molar-refractivity contribution in [1.82, 2.24) is 0 Å². The first-order chi connectivity index (χ1) is 9.90. The van der Waals surface area contributed by atoms with Crippen LogP contribution in [0.15, 0.2) is 18.2 Å². The van der Waals surface area contributed by atoms with E-state index in [4.69, 9.17) is 9.84 Å². The number of hydrogen-bond acceptors (Lipinski definition) is 5. The number of aliphatic carboxylic acids is 1. The normalized spacial score (nSPS) is 11.8. The Kier molecular flexibility index (Phi) is 6.51. The molecule has 114 valence electrons. The number of benzene rings is 1. The Morgan fingerprint density at radius 1 is 1.24 bits per heavy atom. The molecule has 0 aliphatic carbocycles. The number of carbonyl (C=O) groups is 3. The molecule has 7 heteroatoms. The van der Waals surface area contributed by atoms with Gasteiger partial charge in [-0.1, -0.05) is 15.9 Å². The maximum absolute atomic E-state index is 11.9. The molecule has 0 aliphatic heterocycles. The van der Waals surface area contributed by atoms with E-state index in [1.807, 2.05) is 0 Å². The average Bonchev–Trinajstić information content (AvgIpc) is 2.46. The highest BCUT2D eigenvalue weighted by atomic mass is 79.9. The Morgan fingerprint density at radius 2 is 1.86 bits per heavy atom. The molecular weight excluding hydrogens is 344 g/mol. The number of carbonyl (C=O) groups excluding carboxylic acids is 2. The van der Waals surface area contributed by atoms with Gasteiger partial charge >= 0.3 is 11.9 Å². The van der Waals surface area contributed by atoms with E-state index in [0.29, 0.717) is 5.33 Å². The molecule has 1 atom stereocenters. The fourth-order valence-electron chi connectivity index (χ4n) is 1.68. The van der Waals surface area contributed by atoms with Gasteiger partial charge in [0.05, 0.1) is 12.2 Å². The minimum Gasteiger partial charge on any atom is -0.479 e. The molecule has 0 aromatic heterocycles. The van der Waals surface area contributed by atoms with Crippen LogP contribution in [0.25, 0.3) is 0 Å². The van der Waals surface area contributed by atoms with Crippen LogP contribution in [-0.4, -0.2) is 39.9 Å². The third-order valence-electron chi connectivity index (χ3n) is 2.66. The fourth-order valence-corrected chi connectivity index (χ4v) is 2.04. The van der Waals surface area contributed by atoms with Crippen molar-refractivity contribution in [3.8, 4) is 0 Å². The zero-order chi connectivity index (χ0) is 16.0. The van der Waals surface area contributed by atoms with Crippen LogP contribution in [0.4, 0.5) is 0 Å². The molecule has 0 amide bonds. The molecule has 0 radical (unpaired) electrons. The van der Waals surface area contributed by atoms with Crippen LogP contribution >= 0.6 is 15.9 Å². The van der Waals surface area contributed by atoms with Gasteiger partial charge in [0.25, 0.3) is 0 Å². The molecule has 1 aromatic carbocycles. The van der Waals surface area contributed by atoms with Crippen molar-refractivity contribution >= 4 is 33.7 Å². The molecule has 0 bridgehead atoms. The van der Waals surface area contributed by atoms with Gasteiger partial charge in [0, 0.05) is 17.3 Å². The lowest BCUT2D eigenvalue weighted by molar-refractivity contribution is -0.146. The van der Waals surface area contributed by atoms with Crippen LogP contribution in [0.1, 0.15) is 45.7 Å². The fraction of sp³-hybridized carbons (Fsp3) is 0.357. The largest absolute Gasteiger partial charge is 0.479 e. The SMILES string of the molecule is CCOC(=O)c1cc(C(=O)CCBr)cc(C(O)C(=O)O)c1. The predicted molar refractivity (Wildman–Crippen MR) is 77.7 cm³/mol. The van der Waals surface area contributed by atoms with Crippen molar-refractivity contribution in [3.05, 3.63) is 34.9 Å². The summed E-state index contributed by atoms with van der Waals surface area (Å²) in [5.74, 6) is -2.41. The maximum atomic E-state index is 11.9. The number of ketones is 1. The summed E-state index contributed by atoms with van der Waals surface area (Å²) in [6, 6.07) is 3.81. The van der Waals surface area contributed by atoms with Crippen molar-refractivity contribution in [1.29, 1.82) is 0 Å². The Hall–Kier alpha value is -1.73. The number of hydrogen-bond donors (Lipinski definition) is 2. The molecule has 1 unspecified atom stereocenters. The van der Waals surface area contributed by atoms with E-state index >= 15 is 0 Å². The van der Waals surface area contributed by atoms with Crippen molar-refractivity contribution in [3.63, 3.8) is 0 Å². The zero-order valence-corrected chi connectivity index (χ0v) is 12.9. The Labute approximate surface area is 129 Å². The minimum absolute atomic E-state index is 0.0348. The van der Waals surface area contributed by atoms with Crippen LogP contribution in [0.5, 0.6) is 0 Å². The lowest BCUT2D eigenvalue weighted by Gasteiger charge is -2.11. The number of rotatable bonds is 7. The number of esters is 1. The third kappa shape index (κ3) is 4.64. The first kappa shape index (κ1) is 17.3. The topological polar surface area (TPSA) is 101 Å². The molecule has 0 fully saturated rings. The lowest BCUT2D eigenvalue weighted by atomic mass is 9.98. The summed E-state index contributed by atoms with van der Waals surface area (Å²) in [5.41, 5.74) is 0.161. The Bertz CT molecular complexity index is 518. The first-order valence-electron chi connectivity index (χ1n) is 6.22. The molecule has 1 aromatic rings. The summed E-state index contributed by atoms with van der Waals surface area (Å²) in [6.45, 7) is 1.78. The second-order valence-corrected chi connectivity index (χ2v) is 4.96. The number of aliphatic hydroxyl groups excluding tert-OH is 1. The molecule has 1 rings (SSSR count). The molecule has 0 saturated heterocycles. The van der Waals surface area contributed by atoms with Crippen molar-refractivity contribution in [2.75, 3.05) is 11.9 Å². The average molecular weight is 359 g/mol. The Morgan fingerprint density at radius 3 is 2.38 bits per heavy atom. The standard InChI is InChI=1S/C14H15BrO6/c1-2-21-14(20)10-6-8(11(16)3-4-15)5-9(7-10)12(17)13(18)19/h5-7,12,17H,2-4H2,1H3,(H,18,19). The molecule has 6 nitrogen and oxygen atoms in total. The number of carboxylic acids is 1. The summed E-state index contributed by atoms with van der Waals surface area (Å²) in [7, 11) is 0. The summed E-state index contributed by atoms with van der Waals surface area (Å²) < 4.78 is 4.83. The van der Waals surface area contributed by atoms with E-state index in [1.54, 1.807) is 6.92 Å². The zero-order valence-electron chi connectivity index (χ0n) is 11.3. The highest BCUT2D eigenvalue weighted by Gasteiger charge is 2.21. The molecule has 0 saturated carbocycles. The van der Waals surface area contributed by atoms with Gasteiger partial charge in [0.2, 0.25) is 0 Å². The van der Waals surface area contributed by atoms with Crippen LogP contribution in [0, 0.1) is 0 Å². The molecule has 0 aliphatic rings. The van der Waals surface area contributed by atoms with Crippen molar-refractivity contribution in [2.45, 2.75) is 19.4 Å². The number of carboxylic acid groups (broad SMARTS) is 1. The van der Waals surface area contributed by atoms with Gasteiger partial charge in [-0.05, 0) is 30.7 Å². The van der Waals surface area contributed by atoms with E-state index in [2.05, 4.69) is 15.9 Å². The molecular formula is C14H15BrO6. The van der Waals surface area contributed by atoms with Crippen LogP contribution in [0.3, 0.4) is 0 Å². The van der Waals surface area contributed by atoms with Gasteiger partial charge in [-0.2, -0.15) is 0 Å². The summed E-state index contributed by atoms with van der Waals surface area (Å²) in [4.78, 5) is 34.5. The maximum Gasteiger partial charge on any atom is 0.338 e. The number of aliphatic hydroxyl groups is 1. The van der Waals surface area contributed by atoms with Gasteiger partial charge in [0.1, 0.15) is 0 Å². The van der Waals surface area contributed by atoms with Gasteiger partial charge in [-0.25, -0.2) is 9.59 Å². The third-order valence-corrected chi connectivity index (χ3v) is 3.06. The molecule has 2 N–H and O–H groups in total. The van der Waals surface area contributed by atoms with Crippen molar-refractivity contribution < 1.29 is 29.3 Å². The van der Waals surface area contributed by atoms with E-state index < -0.39 is 18.0 Å². The molecule has 0 spiro atoms. The first-order valence-corrected chi connectivity index (χ1v) is 7.35. The second-order valence-electron chi connectivity index (χ2n) is 4.17. The monoisotopic (exact) mass is 358 g/mol. The number of halogens is 1. The predicted octanol–water partition coefficient (Wildman–Crippen LogP) is 1.95. The molecule has 21 heavy (non-hydrogen) atoms.